The van der Waals surface area contributed by atoms with Crippen molar-refractivity contribution >= 4 is 0 Å². The maximum Gasteiger partial charge on any atom is 0.316 e. The number of hydrogen-bond donors (Lipinski definition) is 1. The first kappa shape index (κ1) is 12.6. The summed E-state index contributed by atoms with van der Waals surface area (Å²) >= 11 is 0. The third kappa shape index (κ3) is 3.98. The molecule has 0 saturated heterocycles. The average Bonchev–Trinajstić information content (AvgIpc) is 2.28. The maximum atomic E-state index is 5.36. The topological polar surface area (TPSA) is 47.0 Å². The zero-order chi connectivity index (χ0) is 11.8. The van der Waals surface area contributed by atoms with Gasteiger partial charge in [-0.15, -0.1) is 0 Å². The van der Waals surface area contributed by atoms with Crippen molar-refractivity contribution in [3.63, 3.8) is 0 Å². The van der Waals surface area contributed by atoms with Crippen LogP contribution in [0.2, 0.25) is 0 Å². The molecule has 4 heteroatoms. The molecule has 0 aliphatic rings. The van der Waals surface area contributed by atoms with Crippen molar-refractivity contribution in [2.45, 2.75) is 27.3 Å². The highest BCUT2D eigenvalue weighted by Gasteiger charge is 2.02. The molecule has 0 spiro atoms. The van der Waals surface area contributed by atoms with Crippen molar-refractivity contribution in [3.8, 4) is 6.01 Å². The molecule has 0 atom stereocenters. The number of nitrogens with zero attached hydrogens (tertiary/aromatic N) is 2. The van der Waals surface area contributed by atoms with Crippen LogP contribution < -0.4 is 10.1 Å². The second-order valence-corrected chi connectivity index (χ2v) is 3.42. The molecule has 0 aliphatic carbocycles. The SMILES string of the molecule is C/C=C/COc1ncc(CNCC)c(C)n1. The van der Waals surface area contributed by atoms with Gasteiger partial charge in [0.2, 0.25) is 0 Å². The largest absolute Gasteiger partial charge is 0.459 e. The highest BCUT2D eigenvalue weighted by Crippen LogP contribution is 2.08. The Hall–Kier alpha value is -1.42. The minimum Gasteiger partial charge on any atom is -0.459 e. The zero-order valence-electron chi connectivity index (χ0n) is 10.2. The van der Waals surface area contributed by atoms with E-state index in [-0.39, 0.29) is 0 Å². The third-order valence-electron chi connectivity index (χ3n) is 2.17. The lowest BCUT2D eigenvalue weighted by Crippen LogP contribution is -2.14. The van der Waals surface area contributed by atoms with Gasteiger partial charge in [0.25, 0.3) is 0 Å². The Bertz CT molecular complexity index is 350. The smallest absolute Gasteiger partial charge is 0.316 e. The van der Waals surface area contributed by atoms with Gasteiger partial charge in [0, 0.05) is 24.0 Å². The summed E-state index contributed by atoms with van der Waals surface area (Å²) in [4.78, 5) is 8.45. The van der Waals surface area contributed by atoms with Crippen LogP contribution in [0, 0.1) is 6.92 Å². The van der Waals surface area contributed by atoms with E-state index < -0.39 is 0 Å². The van der Waals surface area contributed by atoms with Gasteiger partial charge >= 0.3 is 6.01 Å². The Morgan fingerprint density at radius 1 is 1.50 bits per heavy atom. The molecule has 16 heavy (non-hydrogen) atoms. The van der Waals surface area contributed by atoms with Crippen molar-refractivity contribution < 1.29 is 4.74 Å². The summed E-state index contributed by atoms with van der Waals surface area (Å²) in [5.74, 6) is 0. The molecule has 0 amide bonds. The van der Waals surface area contributed by atoms with E-state index in [4.69, 9.17) is 4.74 Å². The summed E-state index contributed by atoms with van der Waals surface area (Å²) in [5.41, 5.74) is 2.08. The highest BCUT2D eigenvalue weighted by molar-refractivity contribution is 5.17. The van der Waals surface area contributed by atoms with Gasteiger partial charge in [-0.1, -0.05) is 19.1 Å². The summed E-state index contributed by atoms with van der Waals surface area (Å²) in [6.07, 6.45) is 5.67. The van der Waals surface area contributed by atoms with E-state index in [0.29, 0.717) is 12.6 Å². The van der Waals surface area contributed by atoms with Crippen molar-refractivity contribution in [2.24, 2.45) is 0 Å². The van der Waals surface area contributed by atoms with Crippen LogP contribution in [-0.2, 0) is 6.54 Å². The van der Waals surface area contributed by atoms with Gasteiger partial charge in [-0.2, -0.15) is 0 Å². The standard InChI is InChI=1S/C12H19N3O/c1-4-6-7-16-12-14-9-11(8-13-5-2)10(3)15-12/h4,6,9,13H,5,7-8H2,1-3H3/b6-4+. The molecule has 0 fully saturated rings. The zero-order valence-corrected chi connectivity index (χ0v) is 10.2. The first-order valence-corrected chi connectivity index (χ1v) is 5.55. The van der Waals surface area contributed by atoms with E-state index >= 15 is 0 Å². The Morgan fingerprint density at radius 2 is 2.31 bits per heavy atom. The number of allylic oxidation sites excluding steroid dienone is 1. The Labute approximate surface area is 96.8 Å². The van der Waals surface area contributed by atoms with Gasteiger partial charge in [0.1, 0.15) is 6.61 Å². The first-order chi connectivity index (χ1) is 7.77. The maximum absolute atomic E-state index is 5.36. The summed E-state index contributed by atoms with van der Waals surface area (Å²) < 4.78 is 5.36. The number of rotatable bonds is 6. The van der Waals surface area contributed by atoms with Crippen LogP contribution in [0.4, 0.5) is 0 Å². The number of aromatic nitrogens is 2. The van der Waals surface area contributed by atoms with Crippen LogP contribution in [0.3, 0.4) is 0 Å². The van der Waals surface area contributed by atoms with E-state index in [2.05, 4.69) is 22.2 Å². The fourth-order valence-electron chi connectivity index (χ4n) is 1.19. The van der Waals surface area contributed by atoms with Gasteiger partial charge in [0.15, 0.2) is 0 Å². The van der Waals surface area contributed by atoms with Crippen LogP contribution in [0.15, 0.2) is 18.3 Å². The fourth-order valence-corrected chi connectivity index (χ4v) is 1.19. The van der Waals surface area contributed by atoms with Gasteiger partial charge < -0.3 is 10.1 Å². The molecule has 1 rings (SSSR count). The summed E-state index contributed by atoms with van der Waals surface area (Å²) in [6, 6.07) is 0.441. The number of hydrogen-bond acceptors (Lipinski definition) is 4. The van der Waals surface area contributed by atoms with E-state index in [1.807, 2.05) is 32.2 Å². The molecule has 88 valence electrons. The Kier molecular flexibility index (Phi) is 5.50. The van der Waals surface area contributed by atoms with Gasteiger partial charge in [-0.3, -0.25) is 0 Å². The second kappa shape index (κ2) is 6.95. The molecular formula is C12H19N3O. The lowest BCUT2D eigenvalue weighted by atomic mass is 10.2. The highest BCUT2D eigenvalue weighted by atomic mass is 16.5. The molecule has 0 aromatic carbocycles. The second-order valence-electron chi connectivity index (χ2n) is 3.42. The minimum atomic E-state index is 0.441. The molecule has 0 saturated carbocycles. The Morgan fingerprint density at radius 3 is 2.94 bits per heavy atom. The average molecular weight is 221 g/mol. The monoisotopic (exact) mass is 221 g/mol. The molecule has 1 aromatic heterocycles. The number of ether oxygens (including phenoxy) is 1. The molecule has 1 heterocycles. The molecule has 0 aliphatic heterocycles. The molecule has 0 bridgehead atoms. The molecular weight excluding hydrogens is 202 g/mol. The number of aryl methyl sites for hydroxylation is 1. The van der Waals surface area contributed by atoms with E-state index in [1.165, 1.54) is 0 Å². The summed E-state index contributed by atoms with van der Waals surface area (Å²) in [7, 11) is 0. The molecule has 0 unspecified atom stereocenters. The van der Waals surface area contributed by atoms with Crippen LogP contribution in [0.1, 0.15) is 25.1 Å². The van der Waals surface area contributed by atoms with Crippen LogP contribution in [-0.4, -0.2) is 23.1 Å². The predicted molar refractivity (Wildman–Crippen MR) is 64.5 cm³/mol. The van der Waals surface area contributed by atoms with E-state index in [9.17, 15) is 0 Å². The summed E-state index contributed by atoms with van der Waals surface area (Å²) in [5, 5.41) is 3.25. The summed E-state index contributed by atoms with van der Waals surface area (Å²) in [6.45, 7) is 8.26. The van der Waals surface area contributed by atoms with Crippen molar-refractivity contribution in [2.75, 3.05) is 13.2 Å². The van der Waals surface area contributed by atoms with Crippen LogP contribution >= 0.6 is 0 Å². The normalized spacial score (nSPS) is 10.9. The quantitative estimate of drug-likeness (QED) is 0.745. The first-order valence-electron chi connectivity index (χ1n) is 5.55. The predicted octanol–water partition coefficient (Wildman–Crippen LogP) is 1.85. The number of nitrogens with one attached hydrogen (secondary N) is 1. The lowest BCUT2D eigenvalue weighted by molar-refractivity contribution is 0.331. The molecule has 1 N–H and O–H groups in total. The lowest BCUT2D eigenvalue weighted by Gasteiger charge is -2.07. The van der Waals surface area contributed by atoms with Gasteiger partial charge in [-0.25, -0.2) is 9.97 Å². The van der Waals surface area contributed by atoms with E-state index in [1.54, 1.807) is 0 Å². The van der Waals surface area contributed by atoms with E-state index in [0.717, 1.165) is 24.3 Å². The molecule has 1 aromatic rings. The molecule has 0 radical (unpaired) electrons. The van der Waals surface area contributed by atoms with Crippen molar-refractivity contribution in [3.05, 3.63) is 29.6 Å². The third-order valence-corrected chi connectivity index (χ3v) is 2.17. The van der Waals surface area contributed by atoms with Gasteiger partial charge in [0.05, 0.1) is 0 Å². The van der Waals surface area contributed by atoms with Crippen LogP contribution in [0.5, 0.6) is 6.01 Å². The molecule has 4 nitrogen and oxygen atoms in total. The fraction of sp³-hybridized carbons (Fsp3) is 0.500. The van der Waals surface area contributed by atoms with Crippen LogP contribution in [0.25, 0.3) is 0 Å². The van der Waals surface area contributed by atoms with Gasteiger partial charge in [-0.05, 0) is 20.4 Å². The minimum absolute atomic E-state index is 0.441. The van der Waals surface area contributed by atoms with Crippen molar-refractivity contribution in [1.29, 1.82) is 0 Å². The van der Waals surface area contributed by atoms with Crippen molar-refractivity contribution in [1.82, 2.24) is 15.3 Å². The Balaban J connectivity index is 2.59.